The molecule has 0 amide bonds. The normalized spacial score (nSPS) is 18.4. The quantitative estimate of drug-likeness (QED) is 0.874. The first kappa shape index (κ1) is 12.6. The monoisotopic (exact) mass is 254 g/mol. The van der Waals surface area contributed by atoms with Crippen molar-refractivity contribution in [2.24, 2.45) is 11.8 Å². The maximum Gasteiger partial charge on any atom is 0.0705 e. The SMILES string of the molecule is CCNC(c1cccc2ncccc12)C(C)C1CC1. The lowest BCUT2D eigenvalue weighted by molar-refractivity contribution is 0.357. The Morgan fingerprint density at radius 1 is 1.26 bits per heavy atom. The van der Waals surface area contributed by atoms with Gasteiger partial charge in [0.25, 0.3) is 0 Å². The van der Waals surface area contributed by atoms with E-state index in [1.807, 2.05) is 12.3 Å². The van der Waals surface area contributed by atoms with E-state index < -0.39 is 0 Å². The molecular weight excluding hydrogens is 232 g/mol. The van der Waals surface area contributed by atoms with Crippen LogP contribution in [0.15, 0.2) is 36.5 Å². The van der Waals surface area contributed by atoms with Gasteiger partial charge in [-0.2, -0.15) is 0 Å². The lowest BCUT2D eigenvalue weighted by Crippen LogP contribution is -2.28. The van der Waals surface area contributed by atoms with Gasteiger partial charge in [-0.15, -0.1) is 0 Å². The maximum absolute atomic E-state index is 4.48. The number of nitrogens with zero attached hydrogens (tertiary/aromatic N) is 1. The lowest BCUT2D eigenvalue weighted by Gasteiger charge is -2.26. The number of fused-ring (bicyclic) bond motifs is 1. The highest BCUT2D eigenvalue weighted by Gasteiger charge is 2.34. The summed E-state index contributed by atoms with van der Waals surface area (Å²) in [5.41, 5.74) is 2.51. The van der Waals surface area contributed by atoms with Crippen molar-refractivity contribution < 1.29 is 0 Å². The van der Waals surface area contributed by atoms with Crippen LogP contribution in [0.5, 0.6) is 0 Å². The molecule has 1 heterocycles. The second kappa shape index (κ2) is 5.30. The second-order valence-electron chi connectivity index (χ2n) is 5.65. The zero-order valence-corrected chi connectivity index (χ0v) is 11.8. The molecule has 2 aromatic rings. The highest BCUT2D eigenvalue weighted by molar-refractivity contribution is 5.82. The van der Waals surface area contributed by atoms with Gasteiger partial charge >= 0.3 is 0 Å². The molecule has 1 fully saturated rings. The van der Waals surface area contributed by atoms with Crippen molar-refractivity contribution in [2.45, 2.75) is 32.7 Å². The molecule has 2 unspecified atom stereocenters. The van der Waals surface area contributed by atoms with Crippen molar-refractivity contribution in [3.05, 3.63) is 42.1 Å². The molecule has 3 rings (SSSR count). The van der Waals surface area contributed by atoms with Crippen LogP contribution in [0, 0.1) is 11.8 Å². The minimum atomic E-state index is 0.449. The Hall–Kier alpha value is -1.41. The standard InChI is InChI=1S/C17H22N2/c1-3-18-17(12(2)13-9-10-13)15-6-4-8-16-14(15)7-5-11-19-16/h4-8,11-13,17-18H,3,9-10H2,1-2H3. The van der Waals surface area contributed by atoms with Crippen LogP contribution in [0.2, 0.25) is 0 Å². The summed E-state index contributed by atoms with van der Waals surface area (Å²) in [5, 5.41) is 4.98. The number of aromatic nitrogens is 1. The lowest BCUT2D eigenvalue weighted by atomic mass is 9.88. The highest BCUT2D eigenvalue weighted by atomic mass is 14.9. The average molecular weight is 254 g/mol. The summed E-state index contributed by atoms with van der Waals surface area (Å²) in [5.74, 6) is 1.60. The summed E-state index contributed by atoms with van der Waals surface area (Å²) < 4.78 is 0. The van der Waals surface area contributed by atoms with Crippen LogP contribution in [0.25, 0.3) is 10.9 Å². The van der Waals surface area contributed by atoms with Gasteiger partial charge < -0.3 is 5.32 Å². The molecule has 2 atom stereocenters. The first-order valence-corrected chi connectivity index (χ1v) is 7.38. The van der Waals surface area contributed by atoms with E-state index in [0.29, 0.717) is 12.0 Å². The third kappa shape index (κ3) is 2.50. The smallest absolute Gasteiger partial charge is 0.0705 e. The van der Waals surface area contributed by atoms with E-state index in [0.717, 1.165) is 18.0 Å². The molecule has 1 aliphatic rings. The first-order valence-electron chi connectivity index (χ1n) is 7.38. The highest BCUT2D eigenvalue weighted by Crippen LogP contribution is 2.43. The molecule has 0 saturated heterocycles. The van der Waals surface area contributed by atoms with Crippen LogP contribution in [0.1, 0.15) is 38.3 Å². The fraction of sp³-hybridized carbons (Fsp3) is 0.471. The molecular formula is C17H22N2. The fourth-order valence-corrected chi connectivity index (χ4v) is 3.09. The summed E-state index contributed by atoms with van der Waals surface area (Å²) in [6.45, 7) is 5.59. The summed E-state index contributed by atoms with van der Waals surface area (Å²) in [6, 6.07) is 11.2. The first-order chi connectivity index (χ1) is 9.31. The predicted octanol–water partition coefficient (Wildman–Crippen LogP) is 3.93. The van der Waals surface area contributed by atoms with Gasteiger partial charge in [0.2, 0.25) is 0 Å². The van der Waals surface area contributed by atoms with Gasteiger partial charge in [-0.3, -0.25) is 4.98 Å². The molecule has 0 aliphatic heterocycles. The number of hydrogen-bond donors (Lipinski definition) is 1. The van der Waals surface area contributed by atoms with E-state index in [1.165, 1.54) is 23.8 Å². The molecule has 1 aromatic carbocycles. The van der Waals surface area contributed by atoms with Crippen LogP contribution in [-0.2, 0) is 0 Å². The molecule has 1 saturated carbocycles. The van der Waals surface area contributed by atoms with Gasteiger partial charge in [-0.25, -0.2) is 0 Å². The van der Waals surface area contributed by atoms with E-state index in [2.05, 4.69) is 48.4 Å². The predicted molar refractivity (Wildman–Crippen MR) is 80.0 cm³/mol. The van der Waals surface area contributed by atoms with Gasteiger partial charge in [0.05, 0.1) is 5.52 Å². The van der Waals surface area contributed by atoms with E-state index in [-0.39, 0.29) is 0 Å². The molecule has 100 valence electrons. The van der Waals surface area contributed by atoms with E-state index >= 15 is 0 Å². The number of nitrogens with one attached hydrogen (secondary N) is 1. The number of pyridine rings is 1. The van der Waals surface area contributed by atoms with E-state index in [4.69, 9.17) is 0 Å². The van der Waals surface area contributed by atoms with Gasteiger partial charge in [0, 0.05) is 17.6 Å². The molecule has 0 radical (unpaired) electrons. The van der Waals surface area contributed by atoms with Crippen molar-refractivity contribution in [2.75, 3.05) is 6.54 Å². The fourth-order valence-electron chi connectivity index (χ4n) is 3.09. The number of rotatable bonds is 5. The Bertz CT molecular complexity index is 555. The summed E-state index contributed by atoms with van der Waals surface area (Å²) in [4.78, 5) is 4.48. The molecule has 0 spiro atoms. The minimum Gasteiger partial charge on any atom is -0.310 e. The summed E-state index contributed by atoms with van der Waals surface area (Å²) in [7, 11) is 0. The minimum absolute atomic E-state index is 0.449. The van der Waals surface area contributed by atoms with Gasteiger partial charge in [0.1, 0.15) is 0 Å². The van der Waals surface area contributed by atoms with Crippen molar-refractivity contribution in [1.82, 2.24) is 10.3 Å². The largest absolute Gasteiger partial charge is 0.310 e. The third-order valence-electron chi connectivity index (χ3n) is 4.33. The molecule has 0 bridgehead atoms. The van der Waals surface area contributed by atoms with Crippen LogP contribution in [0.4, 0.5) is 0 Å². The molecule has 2 nitrogen and oxygen atoms in total. The molecule has 19 heavy (non-hydrogen) atoms. The van der Waals surface area contributed by atoms with Crippen LogP contribution >= 0.6 is 0 Å². The van der Waals surface area contributed by atoms with Crippen LogP contribution in [0.3, 0.4) is 0 Å². The molecule has 1 aliphatic carbocycles. The molecule has 1 N–H and O–H groups in total. The Morgan fingerprint density at radius 2 is 2.11 bits per heavy atom. The zero-order valence-electron chi connectivity index (χ0n) is 11.8. The topological polar surface area (TPSA) is 24.9 Å². The van der Waals surface area contributed by atoms with E-state index in [9.17, 15) is 0 Å². The summed E-state index contributed by atoms with van der Waals surface area (Å²) >= 11 is 0. The maximum atomic E-state index is 4.48. The Kier molecular flexibility index (Phi) is 3.52. The molecule has 2 heteroatoms. The Balaban J connectivity index is 2.03. The number of benzene rings is 1. The Morgan fingerprint density at radius 3 is 2.84 bits per heavy atom. The van der Waals surface area contributed by atoms with Gasteiger partial charge in [0.15, 0.2) is 0 Å². The molecule has 1 aromatic heterocycles. The number of hydrogen-bond acceptors (Lipinski definition) is 2. The van der Waals surface area contributed by atoms with Crippen LogP contribution in [-0.4, -0.2) is 11.5 Å². The second-order valence-corrected chi connectivity index (χ2v) is 5.65. The Labute approximate surface area is 115 Å². The summed E-state index contributed by atoms with van der Waals surface area (Å²) in [6.07, 6.45) is 4.66. The van der Waals surface area contributed by atoms with E-state index in [1.54, 1.807) is 0 Å². The van der Waals surface area contributed by atoms with Crippen molar-refractivity contribution in [3.8, 4) is 0 Å². The van der Waals surface area contributed by atoms with Gasteiger partial charge in [-0.1, -0.05) is 32.0 Å². The van der Waals surface area contributed by atoms with Crippen molar-refractivity contribution in [1.29, 1.82) is 0 Å². The van der Waals surface area contributed by atoms with Crippen LogP contribution < -0.4 is 5.32 Å². The van der Waals surface area contributed by atoms with Crippen molar-refractivity contribution in [3.63, 3.8) is 0 Å². The third-order valence-corrected chi connectivity index (χ3v) is 4.33. The average Bonchev–Trinajstić information content (AvgIpc) is 3.28. The van der Waals surface area contributed by atoms with Crippen molar-refractivity contribution >= 4 is 10.9 Å². The zero-order chi connectivity index (χ0) is 13.2. The van der Waals surface area contributed by atoms with Gasteiger partial charge in [-0.05, 0) is 48.9 Å².